The van der Waals surface area contributed by atoms with Crippen LogP contribution in [0.5, 0.6) is 0 Å². The van der Waals surface area contributed by atoms with Gasteiger partial charge in [-0.2, -0.15) is 0 Å². The summed E-state index contributed by atoms with van der Waals surface area (Å²) < 4.78 is 0. The van der Waals surface area contributed by atoms with Crippen LogP contribution in [0.2, 0.25) is 0 Å². The molecule has 0 fully saturated rings. The van der Waals surface area contributed by atoms with Crippen LogP contribution < -0.4 is 10.6 Å². The van der Waals surface area contributed by atoms with Gasteiger partial charge in [0.25, 0.3) is 0 Å². The second-order valence-corrected chi connectivity index (χ2v) is 13.1. The van der Waals surface area contributed by atoms with Crippen LogP contribution in [0.25, 0.3) is 0 Å². The molecule has 0 amide bonds. The molecule has 4 aromatic rings. The Labute approximate surface area is 272 Å². The molecule has 4 heteroatoms. The minimum Gasteiger partial charge on any atom is -0.355 e. The molecule has 0 unspecified atom stereocenters. The van der Waals surface area contributed by atoms with Gasteiger partial charge < -0.3 is 10.6 Å². The molecule has 0 heterocycles. The lowest BCUT2D eigenvalue weighted by Gasteiger charge is -2.21. The third kappa shape index (κ3) is 8.94. The third-order valence-corrected chi connectivity index (χ3v) is 8.22. The molecule has 0 aliphatic rings. The van der Waals surface area contributed by atoms with E-state index in [0.717, 1.165) is 42.0 Å². The van der Waals surface area contributed by atoms with Gasteiger partial charge >= 0.3 is 0 Å². The molecule has 4 nitrogen and oxygen atoms in total. The summed E-state index contributed by atoms with van der Waals surface area (Å²) in [4.78, 5) is 9.56. The lowest BCUT2D eigenvalue weighted by atomic mass is 9.92. The zero-order valence-electron chi connectivity index (χ0n) is 28.6. The SMILES string of the molecule is CC(C)c1cccc(C(C)C)c1Nc1ccccc1C=NCCCN=Cc1ccccc1Nc1c(C(C)C)cccc1C(C)C. The predicted octanol–water partition coefficient (Wildman–Crippen LogP) is 11.6. The van der Waals surface area contributed by atoms with Gasteiger partial charge in [-0.25, -0.2) is 0 Å². The lowest BCUT2D eigenvalue weighted by Crippen LogP contribution is -2.05. The minimum atomic E-state index is 0.434. The van der Waals surface area contributed by atoms with Crippen LogP contribution in [0.3, 0.4) is 0 Å². The Bertz CT molecular complexity index is 1420. The van der Waals surface area contributed by atoms with Crippen LogP contribution in [0, 0.1) is 0 Å². The quantitative estimate of drug-likeness (QED) is 0.112. The Morgan fingerprint density at radius 3 is 1.13 bits per heavy atom. The fourth-order valence-electron chi connectivity index (χ4n) is 5.69. The highest BCUT2D eigenvalue weighted by Gasteiger charge is 2.16. The molecular weight excluding hydrogens is 548 g/mol. The summed E-state index contributed by atoms with van der Waals surface area (Å²) in [5, 5.41) is 7.55. The Morgan fingerprint density at radius 2 is 0.800 bits per heavy atom. The van der Waals surface area contributed by atoms with Crippen molar-refractivity contribution in [3.63, 3.8) is 0 Å². The number of aliphatic imine (C=N–C) groups is 2. The van der Waals surface area contributed by atoms with E-state index in [9.17, 15) is 0 Å². The van der Waals surface area contributed by atoms with E-state index in [2.05, 4.69) is 151 Å². The van der Waals surface area contributed by atoms with Gasteiger partial charge in [-0.3, -0.25) is 9.98 Å². The van der Waals surface area contributed by atoms with Gasteiger partial charge in [-0.05, 0) is 64.5 Å². The standard InChI is InChI=1S/C41H52N4/c1-28(2)34-18-13-19-35(29(3)4)40(34)44-38-22-11-9-16-32(38)26-42-24-15-25-43-27-33-17-10-12-23-39(33)45-41-36(30(5)6)20-14-21-37(41)31(7)8/h9-14,16-23,26-31,44-45H,15,24-25H2,1-8H3. The first kappa shape index (κ1) is 33.7. The second kappa shape index (κ2) is 16.2. The molecule has 0 atom stereocenters. The summed E-state index contributed by atoms with van der Waals surface area (Å²) in [6.07, 6.45) is 4.88. The van der Waals surface area contributed by atoms with E-state index in [0.29, 0.717) is 23.7 Å². The highest BCUT2D eigenvalue weighted by atomic mass is 14.9. The molecule has 0 saturated carbocycles. The summed E-state index contributed by atoms with van der Waals surface area (Å²) in [5.41, 5.74) is 12.2. The van der Waals surface area contributed by atoms with Gasteiger partial charge in [0.2, 0.25) is 0 Å². The van der Waals surface area contributed by atoms with Crippen LogP contribution in [0.15, 0.2) is 94.9 Å². The number of para-hydroxylation sites is 4. The minimum absolute atomic E-state index is 0.434. The molecule has 0 spiro atoms. The van der Waals surface area contributed by atoms with Crippen molar-refractivity contribution < 1.29 is 0 Å². The van der Waals surface area contributed by atoms with Crippen molar-refractivity contribution in [3.8, 4) is 0 Å². The van der Waals surface area contributed by atoms with Gasteiger partial charge in [0, 0.05) is 59.4 Å². The summed E-state index contributed by atoms with van der Waals surface area (Å²) in [7, 11) is 0. The van der Waals surface area contributed by atoms with Crippen LogP contribution in [-0.2, 0) is 0 Å². The zero-order valence-corrected chi connectivity index (χ0v) is 28.6. The average Bonchev–Trinajstić information content (AvgIpc) is 3.01. The van der Waals surface area contributed by atoms with Crippen molar-refractivity contribution >= 4 is 35.2 Å². The Hall–Kier alpha value is -4.18. The Kier molecular flexibility index (Phi) is 12.2. The molecule has 4 rings (SSSR count). The number of hydrogen-bond donors (Lipinski definition) is 2. The van der Waals surface area contributed by atoms with Crippen LogP contribution >= 0.6 is 0 Å². The topological polar surface area (TPSA) is 48.8 Å². The number of nitrogens with zero attached hydrogens (tertiary/aromatic N) is 2. The lowest BCUT2D eigenvalue weighted by molar-refractivity contribution is 0.838. The molecule has 0 saturated heterocycles. The number of rotatable bonds is 14. The number of nitrogens with one attached hydrogen (secondary N) is 2. The van der Waals surface area contributed by atoms with E-state index in [4.69, 9.17) is 9.98 Å². The summed E-state index contributed by atoms with van der Waals surface area (Å²) >= 11 is 0. The van der Waals surface area contributed by atoms with Crippen molar-refractivity contribution in [2.24, 2.45) is 9.98 Å². The van der Waals surface area contributed by atoms with E-state index in [1.54, 1.807) is 0 Å². The van der Waals surface area contributed by atoms with E-state index in [1.807, 2.05) is 12.4 Å². The fourth-order valence-corrected chi connectivity index (χ4v) is 5.69. The average molecular weight is 601 g/mol. The summed E-state index contributed by atoms with van der Waals surface area (Å²) in [6, 6.07) is 30.1. The van der Waals surface area contributed by atoms with Crippen molar-refractivity contribution in [3.05, 3.63) is 118 Å². The number of benzene rings is 4. The summed E-state index contributed by atoms with van der Waals surface area (Å²) in [5.74, 6) is 1.74. The van der Waals surface area contributed by atoms with Crippen LogP contribution in [0.1, 0.15) is 119 Å². The van der Waals surface area contributed by atoms with Gasteiger partial charge in [-0.1, -0.05) is 128 Å². The molecule has 0 radical (unpaired) electrons. The highest BCUT2D eigenvalue weighted by Crippen LogP contribution is 2.36. The van der Waals surface area contributed by atoms with Gasteiger partial charge in [0.05, 0.1) is 0 Å². The largest absolute Gasteiger partial charge is 0.355 e. The van der Waals surface area contributed by atoms with Crippen molar-refractivity contribution in [2.75, 3.05) is 23.7 Å². The van der Waals surface area contributed by atoms with Crippen molar-refractivity contribution in [2.45, 2.75) is 85.5 Å². The van der Waals surface area contributed by atoms with Gasteiger partial charge in [0.15, 0.2) is 0 Å². The molecule has 236 valence electrons. The molecule has 0 aliphatic heterocycles. The number of anilines is 4. The maximum atomic E-state index is 4.78. The molecule has 2 N–H and O–H groups in total. The smallest absolute Gasteiger partial charge is 0.0473 e. The van der Waals surface area contributed by atoms with E-state index in [-0.39, 0.29) is 0 Å². The first-order valence-electron chi connectivity index (χ1n) is 16.6. The molecule has 0 bridgehead atoms. The van der Waals surface area contributed by atoms with Crippen LogP contribution in [-0.4, -0.2) is 25.5 Å². The highest BCUT2D eigenvalue weighted by molar-refractivity contribution is 5.90. The first-order valence-corrected chi connectivity index (χ1v) is 16.6. The van der Waals surface area contributed by atoms with Crippen LogP contribution in [0.4, 0.5) is 22.7 Å². The Morgan fingerprint density at radius 1 is 0.467 bits per heavy atom. The van der Waals surface area contributed by atoms with E-state index >= 15 is 0 Å². The van der Waals surface area contributed by atoms with E-state index < -0.39 is 0 Å². The monoisotopic (exact) mass is 600 g/mol. The third-order valence-electron chi connectivity index (χ3n) is 8.22. The van der Waals surface area contributed by atoms with Gasteiger partial charge in [0.1, 0.15) is 0 Å². The second-order valence-electron chi connectivity index (χ2n) is 13.1. The molecule has 4 aromatic carbocycles. The zero-order chi connectivity index (χ0) is 32.3. The fraction of sp³-hybridized carbons (Fsp3) is 0.366. The normalized spacial score (nSPS) is 12.0. The first-order chi connectivity index (χ1) is 21.7. The van der Waals surface area contributed by atoms with E-state index in [1.165, 1.54) is 33.6 Å². The maximum Gasteiger partial charge on any atom is 0.0473 e. The van der Waals surface area contributed by atoms with Crippen molar-refractivity contribution in [1.82, 2.24) is 0 Å². The van der Waals surface area contributed by atoms with Gasteiger partial charge in [-0.15, -0.1) is 0 Å². The molecular formula is C41H52N4. The molecule has 0 aromatic heterocycles. The number of hydrogen-bond acceptors (Lipinski definition) is 4. The molecule has 45 heavy (non-hydrogen) atoms. The molecule has 0 aliphatic carbocycles. The maximum absolute atomic E-state index is 4.78. The Balaban J connectivity index is 1.40. The van der Waals surface area contributed by atoms with Crippen molar-refractivity contribution in [1.29, 1.82) is 0 Å². The summed E-state index contributed by atoms with van der Waals surface area (Å²) in [6.45, 7) is 19.5. The predicted molar refractivity (Wildman–Crippen MR) is 198 cm³/mol.